The Hall–Kier alpha value is -1.76. The van der Waals surface area contributed by atoms with Gasteiger partial charge in [0.05, 0.1) is 19.3 Å². The van der Waals surface area contributed by atoms with Crippen LogP contribution in [0.5, 0.6) is 0 Å². The lowest BCUT2D eigenvalue weighted by molar-refractivity contribution is 0.00539. The molecule has 1 N–H and O–H groups in total. The van der Waals surface area contributed by atoms with Crippen LogP contribution in [-0.2, 0) is 18.4 Å². The van der Waals surface area contributed by atoms with E-state index < -0.39 is 6.10 Å². The van der Waals surface area contributed by atoms with Crippen LogP contribution in [0.2, 0.25) is 0 Å². The van der Waals surface area contributed by atoms with E-state index in [9.17, 15) is 9.50 Å². The molecule has 0 spiro atoms. The van der Waals surface area contributed by atoms with Gasteiger partial charge in [-0.05, 0) is 38.1 Å². The fraction of sp³-hybridized carbons (Fsp3) is 0.526. The number of halogens is 1. The first-order valence-electron chi connectivity index (χ1n) is 8.83. The van der Waals surface area contributed by atoms with E-state index in [4.69, 9.17) is 4.74 Å². The van der Waals surface area contributed by atoms with E-state index in [0.717, 1.165) is 25.9 Å². The van der Waals surface area contributed by atoms with Gasteiger partial charge in [-0.1, -0.05) is 18.2 Å². The summed E-state index contributed by atoms with van der Waals surface area (Å²) in [4.78, 5) is 2.27. The number of hydrogen-bond donors (Lipinski definition) is 1. The third-order valence-corrected chi connectivity index (χ3v) is 4.86. The molecule has 0 aliphatic carbocycles. The molecule has 1 atom stereocenters. The fourth-order valence-electron chi connectivity index (χ4n) is 3.47. The summed E-state index contributed by atoms with van der Waals surface area (Å²) in [7, 11) is 1.98. The molecule has 0 saturated carbocycles. The van der Waals surface area contributed by atoms with Crippen LogP contribution in [0.1, 0.15) is 30.0 Å². The number of β-amino-alcohol motifs (C(OH)–C–C–N with tert-alkyl or cyclic N) is 1. The van der Waals surface area contributed by atoms with Gasteiger partial charge in [0.25, 0.3) is 0 Å². The number of benzene rings is 1. The van der Waals surface area contributed by atoms with Gasteiger partial charge in [-0.15, -0.1) is 0 Å². The molecule has 3 rings (SSSR count). The van der Waals surface area contributed by atoms with Gasteiger partial charge in [-0.2, -0.15) is 5.10 Å². The first kappa shape index (κ1) is 18.0. The maximum Gasteiger partial charge on any atom is 0.128 e. The topological polar surface area (TPSA) is 50.5 Å². The molecule has 2 aromatic rings. The zero-order valence-corrected chi connectivity index (χ0v) is 14.6. The lowest BCUT2D eigenvalue weighted by Crippen LogP contribution is -2.40. The minimum Gasteiger partial charge on any atom is -0.389 e. The normalized spacial score (nSPS) is 17.7. The molecular weight excluding hydrogens is 321 g/mol. The summed E-state index contributed by atoms with van der Waals surface area (Å²) in [6.07, 6.45) is 3.43. The van der Waals surface area contributed by atoms with E-state index in [-0.39, 0.29) is 19.0 Å². The lowest BCUT2D eigenvalue weighted by atomic mass is 9.93. The number of piperidine rings is 1. The molecule has 2 heterocycles. The van der Waals surface area contributed by atoms with Crippen LogP contribution >= 0.6 is 0 Å². The number of likely N-dealkylation sites (tertiary alicyclic amines) is 1. The molecule has 1 saturated heterocycles. The molecule has 0 radical (unpaired) electrons. The average molecular weight is 347 g/mol. The molecular formula is C19H26FN3O2. The summed E-state index contributed by atoms with van der Waals surface area (Å²) in [5.41, 5.74) is 1.81. The van der Waals surface area contributed by atoms with Crippen molar-refractivity contribution >= 4 is 0 Å². The summed E-state index contributed by atoms with van der Waals surface area (Å²) < 4.78 is 20.9. The van der Waals surface area contributed by atoms with Crippen molar-refractivity contribution in [1.29, 1.82) is 0 Å². The van der Waals surface area contributed by atoms with Crippen molar-refractivity contribution in [3.05, 3.63) is 53.6 Å². The van der Waals surface area contributed by atoms with E-state index in [2.05, 4.69) is 16.1 Å². The van der Waals surface area contributed by atoms with Gasteiger partial charge in [-0.3, -0.25) is 4.68 Å². The van der Waals surface area contributed by atoms with Crippen LogP contribution < -0.4 is 0 Å². The van der Waals surface area contributed by atoms with Gasteiger partial charge in [0.15, 0.2) is 0 Å². The standard InChI is InChI=1S/C19H26FN3O2/c1-22-19(6-9-21-22)15-7-10-23(11-8-15)12-17(24)14-25-13-16-4-2-3-5-18(16)20/h2-6,9,15,17,24H,7-8,10-14H2,1H3/t17-/m0/s1. The number of hydrogen-bond acceptors (Lipinski definition) is 4. The first-order valence-corrected chi connectivity index (χ1v) is 8.83. The van der Waals surface area contributed by atoms with Crippen molar-refractivity contribution < 1.29 is 14.2 Å². The molecule has 25 heavy (non-hydrogen) atoms. The third kappa shape index (κ3) is 4.87. The highest BCUT2D eigenvalue weighted by molar-refractivity contribution is 5.16. The Morgan fingerprint density at radius 2 is 2.04 bits per heavy atom. The summed E-state index contributed by atoms with van der Waals surface area (Å²) in [5.74, 6) is 0.271. The van der Waals surface area contributed by atoms with E-state index in [1.54, 1.807) is 18.2 Å². The van der Waals surface area contributed by atoms with Gasteiger partial charge in [0.1, 0.15) is 5.82 Å². The fourth-order valence-corrected chi connectivity index (χ4v) is 3.47. The molecule has 0 amide bonds. The maximum atomic E-state index is 13.5. The highest BCUT2D eigenvalue weighted by atomic mass is 19.1. The number of aryl methyl sites for hydroxylation is 1. The van der Waals surface area contributed by atoms with Crippen LogP contribution in [0.25, 0.3) is 0 Å². The minimum absolute atomic E-state index is 0.187. The van der Waals surface area contributed by atoms with Crippen molar-refractivity contribution in [1.82, 2.24) is 14.7 Å². The first-order chi connectivity index (χ1) is 12.1. The SMILES string of the molecule is Cn1nccc1C1CCN(C[C@H](O)COCc2ccccc2F)CC1. The number of rotatable bonds is 7. The second-order valence-electron chi connectivity index (χ2n) is 6.71. The van der Waals surface area contributed by atoms with Crippen molar-refractivity contribution in [3.63, 3.8) is 0 Å². The maximum absolute atomic E-state index is 13.5. The van der Waals surface area contributed by atoms with Crippen LogP contribution in [0.15, 0.2) is 36.5 Å². The number of nitrogens with zero attached hydrogens (tertiary/aromatic N) is 3. The summed E-state index contributed by atoms with van der Waals surface area (Å²) in [6.45, 7) is 2.91. The van der Waals surface area contributed by atoms with Crippen molar-refractivity contribution in [2.45, 2.75) is 31.5 Å². The molecule has 0 bridgehead atoms. The summed E-state index contributed by atoms with van der Waals surface area (Å²) in [5, 5.41) is 14.4. The van der Waals surface area contributed by atoms with E-state index >= 15 is 0 Å². The molecule has 1 fully saturated rings. The number of ether oxygens (including phenoxy) is 1. The highest BCUT2D eigenvalue weighted by Gasteiger charge is 2.23. The molecule has 1 aromatic heterocycles. The monoisotopic (exact) mass is 347 g/mol. The van der Waals surface area contributed by atoms with E-state index in [0.29, 0.717) is 18.0 Å². The van der Waals surface area contributed by atoms with Crippen LogP contribution in [-0.4, -0.2) is 52.1 Å². The largest absolute Gasteiger partial charge is 0.389 e. The third-order valence-electron chi connectivity index (χ3n) is 4.86. The zero-order valence-electron chi connectivity index (χ0n) is 14.6. The van der Waals surface area contributed by atoms with Gasteiger partial charge >= 0.3 is 0 Å². The second kappa shape index (κ2) is 8.56. The predicted octanol–water partition coefficient (Wildman–Crippen LogP) is 2.32. The highest BCUT2D eigenvalue weighted by Crippen LogP contribution is 2.27. The van der Waals surface area contributed by atoms with Crippen molar-refractivity contribution in [3.8, 4) is 0 Å². The Bertz CT molecular complexity index is 668. The van der Waals surface area contributed by atoms with Gasteiger partial charge in [0.2, 0.25) is 0 Å². The summed E-state index contributed by atoms with van der Waals surface area (Å²) >= 11 is 0. The Morgan fingerprint density at radius 3 is 2.72 bits per heavy atom. The smallest absolute Gasteiger partial charge is 0.128 e. The molecule has 136 valence electrons. The zero-order chi connectivity index (χ0) is 17.6. The molecule has 1 aliphatic heterocycles. The number of aromatic nitrogens is 2. The van der Waals surface area contributed by atoms with Crippen LogP contribution in [0.4, 0.5) is 4.39 Å². The minimum atomic E-state index is -0.556. The van der Waals surface area contributed by atoms with Gasteiger partial charge in [0, 0.05) is 37.0 Å². The predicted molar refractivity (Wildman–Crippen MR) is 93.7 cm³/mol. The quantitative estimate of drug-likeness (QED) is 0.835. The second-order valence-corrected chi connectivity index (χ2v) is 6.71. The van der Waals surface area contributed by atoms with Crippen molar-refractivity contribution in [2.24, 2.45) is 7.05 Å². The Labute approximate surface area is 148 Å². The molecule has 5 nitrogen and oxygen atoms in total. The number of aliphatic hydroxyl groups is 1. The van der Waals surface area contributed by atoms with Crippen LogP contribution in [0, 0.1) is 5.82 Å². The lowest BCUT2D eigenvalue weighted by Gasteiger charge is -2.33. The Kier molecular flexibility index (Phi) is 6.18. The van der Waals surface area contributed by atoms with Crippen LogP contribution in [0.3, 0.4) is 0 Å². The van der Waals surface area contributed by atoms with E-state index in [1.807, 2.05) is 17.9 Å². The Morgan fingerprint density at radius 1 is 1.28 bits per heavy atom. The molecule has 6 heteroatoms. The molecule has 1 aliphatic rings. The van der Waals surface area contributed by atoms with Gasteiger partial charge in [-0.25, -0.2) is 4.39 Å². The average Bonchev–Trinajstić information content (AvgIpc) is 3.03. The van der Waals surface area contributed by atoms with Crippen molar-refractivity contribution in [2.75, 3.05) is 26.2 Å². The molecule has 0 unspecified atom stereocenters. The Balaban J connectivity index is 1.37. The van der Waals surface area contributed by atoms with Gasteiger partial charge < -0.3 is 14.7 Å². The van der Waals surface area contributed by atoms with E-state index in [1.165, 1.54) is 11.8 Å². The summed E-state index contributed by atoms with van der Waals surface area (Å²) in [6, 6.07) is 8.64. The molecule has 1 aromatic carbocycles. The number of aliphatic hydroxyl groups excluding tert-OH is 1.